The molecule has 2 heterocycles. The van der Waals surface area contributed by atoms with Crippen LogP contribution < -0.4 is 10.1 Å². The fourth-order valence-corrected chi connectivity index (χ4v) is 7.94. The maximum Gasteiger partial charge on any atom is 0.161 e. The molecule has 0 fully saturated rings. The highest BCUT2D eigenvalue weighted by Crippen LogP contribution is 2.62. The van der Waals surface area contributed by atoms with Gasteiger partial charge in [0, 0.05) is 39.6 Å². The van der Waals surface area contributed by atoms with Crippen LogP contribution in [0, 0.1) is 5.41 Å². The number of dihydropyridines is 1. The molecular formula is C47H36N4O. The summed E-state index contributed by atoms with van der Waals surface area (Å²) >= 11 is 0. The van der Waals surface area contributed by atoms with Crippen molar-refractivity contribution >= 4 is 23.1 Å². The van der Waals surface area contributed by atoms with Crippen molar-refractivity contribution in [3.63, 3.8) is 0 Å². The highest BCUT2D eigenvalue weighted by Gasteiger charge is 2.50. The van der Waals surface area contributed by atoms with Gasteiger partial charge < -0.3 is 10.1 Å². The van der Waals surface area contributed by atoms with Crippen LogP contribution >= 0.6 is 0 Å². The lowest BCUT2D eigenvalue weighted by Gasteiger charge is -2.39. The van der Waals surface area contributed by atoms with Gasteiger partial charge in [0.15, 0.2) is 11.7 Å². The van der Waals surface area contributed by atoms with Crippen molar-refractivity contribution in [3.05, 3.63) is 208 Å². The summed E-state index contributed by atoms with van der Waals surface area (Å²) in [5.74, 6) is 2.24. The lowest BCUT2D eigenvalue weighted by Crippen LogP contribution is -2.32. The van der Waals surface area contributed by atoms with E-state index in [0.717, 1.165) is 50.7 Å². The molecule has 0 saturated heterocycles. The molecule has 2 aliphatic heterocycles. The number of fused-ring (bicyclic) bond motifs is 9. The third-order valence-electron chi connectivity index (χ3n) is 10.3. The number of aliphatic imine (C=N–C) groups is 2. The van der Waals surface area contributed by atoms with Crippen LogP contribution in [-0.2, 0) is 5.41 Å². The van der Waals surface area contributed by atoms with E-state index in [1.54, 1.807) is 0 Å². The molecule has 0 saturated carbocycles. The molecular weight excluding hydrogens is 637 g/mol. The van der Waals surface area contributed by atoms with Crippen LogP contribution in [0.2, 0.25) is 0 Å². The summed E-state index contributed by atoms with van der Waals surface area (Å²) in [6.45, 7) is 4.08. The van der Waals surface area contributed by atoms with Gasteiger partial charge in [0.2, 0.25) is 0 Å². The standard InChI is InChI=1S/C47H36N4O/c1-30-25-27-37(45(48)51-46(33-17-7-4-8-18-33)50-31(2)32-15-5-3-6-16-32)44(49-30)34-26-28-41-43(29-34)52-42-24-14-13-23-40(42)47(41)38-21-11-9-19-35(38)36-20-10-12-22-39(36)47/h3-30,48-49H,1-2H3/b48-45?,50-31+,51-46-. The van der Waals surface area contributed by atoms with Gasteiger partial charge in [-0.05, 0) is 53.8 Å². The third kappa shape index (κ3) is 5.04. The summed E-state index contributed by atoms with van der Waals surface area (Å²) in [7, 11) is 0. The Kier molecular flexibility index (Phi) is 7.62. The van der Waals surface area contributed by atoms with Gasteiger partial charge in [0.05, 0.1) is 11.1 Å². The number of hydrogen-bond acceptors (Lipinski definition) is 3. The Hall–Kier alpha value is -6.59. The van der Waals surface area contributed by atoms with Crippen molar-refractivity contribution < 1.29 is 4.74 Å². The second kappa shape index (κ2) is 12.6. The van der Waals surface area contributed by atoms with Gasteiger partial charge in [0.25, 0.3) is 0 Å². The lowest BCUT2D eigenvalue weighted by molar-refractivity contribution is 0.436. The highest BCUT2D eigenvalue weighted by atomic mass is 16.5. The fraction of sp³-hybridized carbons (Fsp3) is 0.0851. The minimum Gasteiger partial charge on any atom is -0.457 e. The van der Waals surface area contributed by atoms with Crippen LogP contribution in [0.25, 0.3) is 16.8 Å². The van der Waals surface area contributed by atoms with Gasteiger partial charge in [-0.15, -0.1) is 0 Å². The molecule has 0 amide bonds. The summed E-state index contributed by atoms with van der Waals surface area (Å²) in [6, 6.07) is 52.4. The number of ether oxygens (including phenoxy) is 1. The summed E-state index contributed by atoms with van der Waals surface area (Å²) < 4.78 is 6.79. The van der Waals surface area contributed by atoms with Crippen molar-refractivity contribution in [2.75, 3.05) is 0 Å². The summed E-state index contributed by atoms with van der Waals surface area (Å²) in [6.07, 6.45) is 4.06. The first-order chi connectivity index (χ1) is 25.5. The third-order valence-corrected chi connectivity index (χ3v) is 10.3. The number of para-hydroxylation sites is 1. The monoisotopic (exact) mass is 672 g/mol. The van der Waals surface area contributed by atoms with E-state index >= 15 is 0 Å². The van der Waals surface area contributed by atoms with Crippen LogP contribution in [0.5, 0.6) is 11.5 Å². The van der Waals surface area contributed by atoms with Crippen LogP contribution in [0.15, 0.2) is 179 Å². The van der Waals surface area contributed by atoms with Gasteiger partial charge in [-0.3, -0.25) is 5.41 Å². The Morgan fingerprint density at radius 1 is 0.635 bits per heavy atom. The van der Waals surface area contributed by atoms with E-state index in [1.807, 2.05) is 79.7 Å². The summed E-state index contributed by atoms with van der Waals surface area (Å²) in [4.78, 5) is 9.85. The van der Waals surface area contributed by atoms with Gasteiger partial charge in [-0.1, -0.05) is 152 Å². The normalized spacial score (nSPS) is 16.7. The van der Waals surface area contributed by atoms with E-state index in [2.05, 4.69) is 103 Å². The van der Waals surface area contributed by atoms with Crippen LogP contribution in [-0.4, -0.2) is 23.4 Å². The first-order valence-corrected chi connectivity index (χ1v) is 17.7. The lowest BCUT2D eigenvalue weighted by atomic mass is 9.66. The smallest absolute Gasteiger partial charge is 0.161 e. The molecule has 0 radical (unpaired) electrons. The number of nitrogens with one attached hydrogen (secondary N) is 2. The molecule has 250 valence electrons. The maximum atomic E-state index is 9.40. The SMILES string of the molecule is C/C(=N\C(=N/C(=N)C1=C(c2ccc3c(c2)Oc2ccccc2C32c3ccccc3-c3ccccc32)NC(C)C=C1)c1ccccc1)c1ccccc1. The Labute approximate surface area is 303 Å². The molecule has 6 aromatic rings. The van der Waals surface area contributed by atoms with Crippen molar-refractivity contribution in [1.82, 2.24) is 5.32 Å². The molecule has 5 heteroatoms. The Balaban J connectivity index is 1.20. The second-order valence-corrected chi connectivity index (χ2v) is 13.4. The van der Waals surface area contributed by atoms with Crippen molar-refractivity contribution in [2.45, 2.75) is 25.3 Å². The predicted molar refractivity (Wildman–Crippen MR) is 212 cm³/mol. The van der Waals surface area contributed by atoms with Crippen molar-refractivity contribution in [1.29, 1.82) is 5.41 Å². The Bertz CT molecular complexity index is 2460. The summed E-state index contributed by atoms with van der Waals surface area (Å²) in [5, 5.41) is 13.1. The van der Waals surface area contributed by atoms with Crippen LogP contribution in [0.3, 0.4) is 0 Å². The van der Waals surface area contributed by atoms with E-state index < -0.39 is 5.41 Å². The Morgan fingerprint density at radius 2 is 1.21 bits per heavy atom. The number of rotatable bonds is 4. The van der Waals surface area contributed by atoms with Crippen molar-refractivity contribution in [2.24, 2.45) is 9.98 Å². The summed E-state index contributed by atoms with van der Waals surface area (Å²) in [5.41, 5.74) is 11.8. The zero-order valence-electron chi connectivity index (χ0n) is 29.0. The molecule has 1 spiro atoms. The quantitative estimate of drug-likeness (QED) is 0.144. The number of nitrogens with zero attached hydrogens (tertiary/aromatic N) is 2. The van der Waals surface area contributed by atoms with Gasteiger partial charge in [-0.2, -0.15) is 0 Å². The molecule has 5 nitrogen and oxygen atoms in total. The number of benzene rings is 6. The first-order valence-electron chi connectivity index (χ1n) is 17.7. The van der Waals surface area contributed by atoms with Gasteiger partial charge in [0.1, 0.15) is 11.5 Å². The minimum atomic E-state index is -0.531. The van der Waals surface area contributed by atoms with Gasteiger partial charge in [-0.25, -0.2) is 9.98 Å². The predicted octanol–water partition coefficient (Wildman–Crippen LogP) is 10.3. The average Bonchev–Trinajstić information content (AvgIpc) is 3.48. The average molecular weight is 673 g/mol. The molecule has 2 N–H and O–H groups in total. The molecule has 1 aliphatic carbocycles. The van der Waals surface area contributed by atoms with E-state index in [9.17, 15) is 5.41 Å². The topological polar surface area (TPSA) is 69.8 Å². The molecule has 0 aromatic heterocycles. The molecule has 6 aromatic carbocycles. The molecule has 1 atom stereocenters. The van der Waals surface area contributed by atoms with Crippen LogP contribution in [0.4, 0.5) is 0 Å². The Morgan fingerprint density at radius 3 is 1.90 bits per heavy atom. The first kappa shape index (κ1) is 31.4. The number of amidine groups is 2. The maximum absolute atomic E-state index is 9.40. The zero-order valence-corrected chi connectivity index (χ0v) is 29.0. The molecule has 1 unspecified atom stereocenters. The molecule has 52 heavy (non-hydrogen) atoms. The fourth-order valence-electron chi connectivity index (χ4n) is 7.94. The molecule has 9 rings (SSSR count). The second-order valence-electron chi connectivity index (χ2n) is 13.4. The largest absolute Gasteiger partial charge is 0.457 e. The minimum absolute atomic E-state index is 0.0556. The van der Waals surface area contributed by atoms with Crippen molar-refractivity contribution in [3.8, 4) is 22.6 Å². The van der Waals surface area contributed by atoms with Crippen LogP contribution in [0.1, 0.15) is 52.8 Å². The highest BCUT2D eigenvalue weighted by molar-refractivity contribution is 6.18. The van der Waals surface area contributed by atoms with E-state index in [-0.39, 0.29) is 11.9 Å². The van der Waals surface area contributed by atoms with E-state index in [1.165, 1.54) is 22.3 Å². The van der Waals surface area contributed by atoms with Gasteiger partial charge >= 0.3 is 0 Å². The van der Waals surface area contributed by atoms with E-state index in [0.29, 0.717) is 11.4 Å². The number of hydrogen-bond donors (Lipinski definition) is 2. The molecule has 3 aliphatic rings. The van der Waals surface area contributed by atoms with E-state index in [4.69, 9.17) is 14.7 Å². The zero-order chi connectivity index (χ0) is 35.2. The molecule has 0 bridgehead atoms.